The van der Waals surface area contributed by atoms with Crippen LogP contribution in [0.15, 0.2) is 59.0 Å². The third kappa shape index (κ3) is 3.83. The quantitative estimate of drug-likeness (QED) is 0.489. The van der Waals surface area contributed by atoms with Crippen molar-refractivity contribution in [3.63, 3.8) is 0 Å². The maximum atomic E-state index is 12.3. The SMILES string of the molecule is COc1ccc(-c2ccc(C(=O)Nc3ccc(C(=O)O)cc3)o2)c([N+](=O)[O-])c1. The molecule has 0 aliphatic heterocycles. The molecule has 142 valence electrons. The van der Waals surface area contributed by atoms with Gasteiger partial charge in [-0.05, 0) is 48.5 Å². The number of nitrogens with one attached hydrogen (secondary N) is 1. The second-order valence-corrected chi connectivity index (χ2v) is 5.64. The third-order valence-corrected chi connectivity index (χ3v) is 3.89. The number of nitro benzene ring substituents is 1. The maximum absolute atomic E-state index is 12.3. The number of hydrogen-bond donors (Lipinski definition) is 2. The third-order valence-electron chi connectivity index (χ3n) is 3.89. The average molecular weight is 382 g/mol. The van der Waals surface area contributed by atoms with Crippen molar-refractivity contribution in [1.29, 1.82) is 0 Å². The van der Waals surface area contributed by atoms with Crippen LogP contribution in [0.2, 0.25) is 0 Å². The minimum Gasteiger partial charge on any atom is -0.497 e. The number of nitro groups is 1. The Morgan fingerprint density at radius 3 is 2.43 bits per heavy atom. The van der Waals surface area contributed by atoms with E-state index in [9.17, 15) is 19.7 Å². The van der Waals surface area contributed by atoms with Gasteiger partial charge in [-0.25, -0.2) is 4.79 Å². The van der Waals surface area contributed by atoms with E-state index >= 15 is 0 Å². The molecule has 0 atom stereocenters. The molecule has 0 bridgehead atoms. The number of aromatic carboxylic acids is 1. The van der Waals surface area contributed by atoms with Crippen molar-refractivity contribution >= 4 is 23.3 Å². The van der Waals surface area contributed by atoms with Gasteiger partial charge in [-0.1, -0.05) is 0 Å². The first kappa shape index (κ1) is 18.6. The van der Waals surface area contributed by atoms with E-state index in [1.807, 2.05) is 0 Å². The smallest absolute Gasteiger partial charge is 0.335 e. The second-order valence-electron chi connectivity index (χ2n) is 5.64. The number of ether oxygens (including phenoxy) is 1. The van der Waals surface area contributed by atoms with Crippen LogP contribution in [0.1, 0.15) is 20.9 Å². The van der Waals surface area contributed by atoms with E-state index in [2.05, 4.69) is 5.32 Å². The predicted molar refractivity (Wildman–Crippen MR) is 98.7 cm³/mol. The highest BCUT2D eigenvalue weighted by atomic mass is 16.6. The number of methoxy groups -OCH3 is 1. The van der Waals surface area contributed by atoms with Gasteiger partial charge < -0.3 is 19.6 Å². The lowest BCUT2D eigenvalue weighted by Gasteiger charge is -2.04. The van der Waals surface area contributed by atoms with Crippen molar-refractivity contribution in [3.8, 4) is 17.1 Å². The first-order chi connectivity index (χ1) is 13.4. The minimum atomic E-state index is -1.07. The number of benzene rings is 2. The number of carbonyl (C=O) groups excluding carboxylic acids is 1. The summed E-state index contributed by atoms with van der Waals surface area (Å²) in [6.45, 7) is 0. The van der Waals surface area contributed by atoms with Crippen molar-refractivity contribution in [2.75, 3.05) is 12.4 Å². The first-order valence-corrected chi connectivity index (χ1v) is 7.96. The van der Waals surface area contributed by atoms with Gasteiger partial charge in [0.1, 0.15) is 11.5 Å². The van der Waals surface area contributed by atoms with Crippen LogP contribution in [0.4, 0.5) is 11.4 Å². The normalized spacial score (nSPS) is 10.3. The van der Waals surface area contributed by atoms with Crippen molar-refractivity contribution in [2.24, 2.45) is 0 Å². The molecule has 0 aliphatic carbocycles. The molecule has 2 aromatic carbocycles. The van der Waals surface area contributed by atoms with Gasteiger partial charge in [0, 0.05) is 5.69 Å². The minimum absolute atomic E-state index is 0.0533. The molecule has 2 N–H and O–H groups in total. The molecule has 0 unspecified atom stereocenters. The average Bonchev–Trinajstić information content (AvgIpc) is 3.18. The van der Waals surface area contributed by atoms with E-state index in [1.54, 1.807) is 6.07 Å². The Morgan fingerprint density at radius 2 is 1.82 bits per heavy atom. The lowest BCUT2D eigenvalue weighted by Crippen LogP contribution is -2.11. The Hall–Kier alpha value is -4.14. The van der Waals surface area contributed by atoms with Gasteiger partial charge in [-0.2, -0.15) is 0 Å². The Bertz CT molecular complexity index is 1050. The highest BCUT2D eigenvalue weighted by molar-refractivity contribution is 6.03. The molecule has 0 radical (unpaired) electrons. The van der Waals surface area contributed by atoms with Crippen molar-refractivity contribution in [1.82, 2.24) is 0 Å². The molecule has 9 heteroatoms. The molecular weight excluding hydrogens is 368 g/mol. The predicted octanol–water partition coefficient (Wildman–Crippen LogP) is 3.81. The van der Waals surface area contributed by atoms with Gasteiger partial charge in [0.2, 0.25) is 0 Å². The van der Waals surface area contributed by atoms with Gasteiger partial charge in [0.15, 0.2) is 5.76 Å². The highest BCUT2D eigenvalue weighted by Crippen LogP contribution is 2.34. The molecular formula is C19H14N2O7. The molecule has 1 heterocycles. The summed E-state index contributed by atoms with van der Waals surface area (Å²) in [5.41, 5.74) is 0.453. The van der Waals surface area contributed by atoms with Crippen molar-refractivity contribution < 1.29 is 28.8 Å². The Labute approximate surface area is 158 Å². The zero-order chi connectivity index (χ0) is 20.3. The lowest BCUT2D eigenvalue weighted by molar-refractivity contribution is -0.384. The molecule has 1 aromatic heterocycles. The highest BCUT2D eigenvalue weighted by Gasteiger charge is 2.21. The van der Waals surface area contributed by atoms with E-state index in [0.29, 0.717) is 11.4 Å². The standard InChI is InChI=1S/C19H14N2O7/c1-27-13-6-7-14(15(10-13)21(25)26)16-8-9-17(28-16)18(22)20-12-4-2-11(3-5-12)19(23)24/h2-10H,1H3,(H,20,22)(H,23,24). The lowest BCUT2D eigenvalue weighted by atomic mass is 10.1. The molecule has 0 saturated carbocycles. The number of carbonyl (C=O) groups is 2. The van der Waals surface area contributed by atoms with Crippen LogP contribution >= 0.6 is 0 Å². The summed E-state index contributed by atoms with van der Waals surface area (Å²) in [6, 6.07) is 12.7. The van der Waals surface area contributed by atoms with Crippen LogP contribution in [-0.2, 0) is 0 Å². The van der Waals surface area contributed by atoms with E-state index < -0.39 is 16.8 Å². The molecule has 1 amide bonds. The molecule has 0 saturated heterocycles. The molecule has 9 nitrogen and oxygen atoms in total. The van der Waals surface area contributed by atoms with Gasteiger partial charge in [-0.3, -0.25) is 14.9 Å². The summed E-state index contributed by atoms with van der Waals surface area (Å²) in [4.78, 5) is 33.9. The summed E-state index contributed by atoms with van der Waals surface area (Å²) >= 11 is 0. The molecule has 0 aliphatic rings. The Morgan fingerprint density at radius 1 is 1.11 bits per heavy atom. The van der Waals surface area contributed by atoms with Crippen LogP contribution in [-0.4, -0.2) is 29.0 Å². The largest absolute Gasteiger partial charge is 0.497 e. The topological polar surface area (TPSA) is 132 Å². The van der Waals surface area contributed by atoms with Gasteiger partial charge in [0.05, 0.1) is 29.2 Å². The maximum Gasteiger partial charge on any atom is 0.335 e. The zero-order valence-corrected chi connectivity index (χ0v) is 14.5. The first-order valence-electron chi connectivity index (χ1n) is 7.96. The molecule has 3 aromatic rings. The van der Waals surface area contributed by atoms with Crippen molar-refractivity contribution in [2.45, 2.75) is 0 Å². The van der Waals surface area contributed by atoms with Crippen LogP contribution in [0.5, 0.6) is 5.75 Å². The number of carboxylic acid groups (broad SMARTS) is 1. The van der Waals surface area contributed by atoms with Crippen LogP contribution in [0.3, 0.4) is 0 Å². The summed E-state index contributed by atoms with van der Waals surface area (Å²) in [5, 5.41) is 22.8. The number of amides is 1. The zero-order valence-electron chi connectivity index (χ0n) is 14.5. The number of carboxylic acids is 1. The van der Waals surface area contributed by atoms with Crippen molar-refractivity contribution in [3.05, 3.63) is 76.0 Å². The Balaban J connectivity index is 1.83. The van der Waals surface area contributed by atoms with Gasteiger partial charge in [0.25, 0.3) is 11.6 Å². The van der Waals surface area contributed by atoms with Gasteiger partial charge in [-0.15, -0.1) is 0 Å². The molecule has 0 spiro atoms. The number of nitrogens with zero attached hydrogens (tertiary/aromatic N) is 1. The molecule has 0 fully saturated rings. The number of anilines is 1. The number of hydrogen-bond acceptors (Lipinski definition) is 6. The molecule has 3 rings (SSSR count). The van der Waals surface area contributed by atoms with Crippen LogP contribution in [0.25, 0.3) is 11.3 Å². The van der Waals surface area contributed by atoms with Crippen LogP contribution in [0, 0.1) is 10.1 Å². The second kappa shape index (κ2) is 7.62. The fraction of sp³-hybridized carbons (Fsp3) is 0.0526. The van der Waals surface area contributed by atoms with E-state index in [0.717, 1.165) is 0 Å². The monoisotopic (exact) mass is 382 g/mol. The molecule has 28 heavy (non-hydrogen) atoms. The van der Waals surface area contributed by atoms with Gasteiger partial charge >= 0.3 is 5.97 Å². The fourth-order valence-corrected chi connectivity index (χ4v) is 2.49. The summed E-state index contributed by atoms with van der Waals surface area (Å²) in [6.07, 6.45) is 0. The summed E-state index contributed by atoms with van der Waals surface area (Å²) < 4.78 is 10.5. The Kier molecular flexibility index (Phi) is 5.07. The summed E-state index contributed by atoms with van der Waals surface area (Å²) in [5.74, 6) is -1.23. The van der Waals surface area contributed by atoms with E-state index in [-0.39, 0.29) is 28.3 Å². The fourth-order valence-electron chi connectivity index (χ4n) is 2.49. The van der Waals surface area contributed by atoms with E-state index in [4.69, 9.17) is 14.3 Å². The number of furan rings is 1. The van der Waals surface area contributed by atoms with E-state index in [1.165, 1.54) is 55.6 Å². The number of rotatable bonds is 6. The van der Waals surface area contributed by atoms with Crippen LogP contribution < -0.4 is 10.1 Å². The summed E-state index contributed by atoms with van der Waals surface area (Å²) in [7, 11) is 1.40.